The van der Waals surface area contributed by atoms with Gasteiger partial charge in [-0.3, -0.25) is 19.9 Å². The normalized spacial score (nSPS) is 21.8. The van der Waals surface area contributed by atoms with E-state index in [1.165, 1.54) is 7.11 Å². The summed E-state index contributed by atoms with van der Waals surface area (Å²) in [6.07, 6.45) is 0.0408. The number of nitrogens with one attached hydrogen (secondary N) is 1. The van der Waals surface area contributed by atoms with Crippen LogP contribution in [0.25, 0.3) is 0 Å². The second kappa shape index (κ2) is 3.88. The van der Waals surface area contributed by atoms with Crippen LogP contribution >= 0.6 is 0 Å². The molecule has 1 heterocycles. The van der Waals surface area contributed by atoms with Crippen LogP contribution in [-0.2, 0) is 14.3 Å². The monoisotopic (exact) mass is 185 g/mol. The van der Waals surface area contributed by atoms with Crippen LogP contribution in [-0.4, -0.2) is 31.5 Å². The van der Waals surface area contributed by atoms with Crippen molar-refractivity contribution in [2.75, 3.05) is 13.7 Å². The second-order valence-corrected chi connectivity index (χ2v) is 2.69. The number of guanidine groups is 1. The molecule has 0 bridgehead atoms. The molecule has 1 aliphatic rings. The van der Waals surface area contributed by atoms with Gasteiger partial charge in [0.25, 0.3) is 0 Å². The van der Waals surface area contributed by atoms with Crippen LogP contribution in [0.15, 0.2) is 4.99 Å². The Labute approximate surface area is 75.1 Å². The van der Waals surface area contributed by atoms with Gasteiger partial charge in [-0.05, 0) is 0 Å². The van der Waals surface area contributed by atoms with Gasteiger partial charge in [0.1, 0.15) is 0 Å². The third-order valence-electron chi connectivity index (χ3n) is 1.74. The summed E-state index contributed by atoms with van der Waals surface area (Å²) in [6, 6.07) is 0. The Bertz CT molecular complexity index is 262. The minimum Gasteiger partial charge on any atom is -0.469 e. The summed E-state index contributed by atoms with van der Waals surface area (Å²) in [5, 5.41) is 2.34. The van der Waals surface area contributed by atoms with Crippen molar-refractivity contribution < 1.29 is 14.3 Å². The van der Waals surface area contributed by atoms with Crippen molar-refractivity contribution in [3.8, 4) is 0 Å². The highest BCUT2D eigenvalue weighted by Crippen LogP contribution is 2.08. The molecular weight excluding hydrogens is 174 g/mol. The van der Waals surface area contributed by atoms with Crippen LogP contribution in [0.1, 0.15) is 6.42 Å². The van der Waals surface area contributed by atoms with Crippen LogP contribution in [0.3, 0.4) is 0 Å². The van der Waals surface area contributed by atoms with E-state index in [0.29, 0.717) is 0 Å². The van der Waals surface area contributed by atoms with Crippen LogP contribution in [0.5, 0.6) is 0 Å². The number of hydrogen-bond acceptors (Lipinski definition) is 5. The highest BCUT2D eigenvalue weighted by atomic mass is 16.5. The first-order valence-corrected chi connectivity index (χ1v) is 3.81. The average molecular weight is 185 g/mol. The third kappa shape index (κ3) is 2.43. The number of carbonyl (C=O) groups excluding carboxylic acids is 2. The highest BCUT2D eigenvalue weighted by molar-refractivity contribution is 6.00. The molecule has 13 heavy (non-hydrogen) atoms. The van der Waals surface area contributed by atoms with Gasteiger partial charge in [-0.25, -0.2) is 0 Å². The number of aliphatic imine (C=N–C) groups is 1. The summed E-state index contributed by atoms with van der Waals surface area (Å²) in [7, 11) is 1.28. The van der Waals surface area contributed by atoms with E-state index in [4.69, 9.17) is 5.73 Å². The lowest BCUT2D eigenvalue weighted by atomic mass is 10.0. The standard InChI is InChI=1S/C7H11N3O3/c1-13-5(11)2-4-3-9-7(8)10-6(4)12/h4H,2-3H2,1H3,(H3,8,9,10,12)/t4-/m1/s1. The minimum atomic E-state index is -0.459. The number of nitrogens with two attached hydrogens (primary N) is 1. The molecule has 0 fully saturated rings. The van der Waals surface area contributed by atoms with Crippen molar-refractivity contribution >= 4 is 17.8 Å². The lowest BCUT2D eigenvalue weighted by molar-refractivity contribution is -0.143. The van der Waals surface area contributed by atoms with Gasteiger partial charge in [0.2, 0.25) is 5.91 Å². The molecule has 72 valence electrons. The maximum atomic E-state index is 11.2. The summed E-state index contributed by atoms with van der Waals surface area (Å²) >= 11 is 0. The van der Waals surface area contributed by atoms with E-state index in [1.807, 2.05) is 0 Å². The predicted molar refractivity (Wildman–Crippen MR) is 44.8 cm³/mol. The van der Waals surface area contributed by atoms with E-state index in [1.54, 1.807) is 0 Å². The van der Waals surface area contributed by atoms with Gasteiger partial charge in [0.05, 0.1) is 26.0 Å². The number of carbonyl (C=O) groups is 2. The van der Waals surface area contributed by atoms with Crippen LogP contribution in [0.2, 0.25) is 0 Å². The van der Waals surface area contributed by atoms with Crippen molar-refractivity contribution in [1.29, 1.82) is 0 Å². The smallest absolute Gasteiger partial charge is 0.306 e. The molecule has 1 aliphatic heterocycles. The number of ether oxygens (including phenoxy) is 1. The maximum absolute atomic E-state index is 11.2. The fourth-order valence-corrected chi connectivity index (χ4v) is 1.00. The Morgan fingerprint density at radius 3 is 3.08 bits per heavy atom. The average Bonchev–Trinajstić information content (AvgIpc) is 2.09. The first-order valence-electron chi connectivity index (χ1n) is 3.81. The predicted octanol–water partition coefficient (Wildman–Crippen LogP) is -1.39. The van der Waals surface area contributed by atoms with E-state index in [0.717, 1.165) is 0 Å². The molecule has 1 amide bonds. The van der Waals surface area contributed by atoms with E-state index >= 15 is 0 Å². The molecule has 0 spiro atoms. The van der Waals surface area contributed by atoms with Crippen LogP contribution < -0.4 is 11.1 Å². The Hall–Kier alpha value is -1.59. The number of rotatable bonds is 2. The molecule has 0 unspecified atom stereocenters. The molecule has 0 aliphatic carbocycles. The van der Waals surface area contributed by atoms with Crippen molar-refractivity contribution in [2.24, 2.45) is 16.6 Å². The third-order valence-corrected chi connectivity index (χ3v) is 1.74. The molecule has 0 radical (unpaired) electrons. The maximum Gasteiger partial charge on any atom is 0.306 e. The van der Waals surface area contributed by atoms with Crippen molar-refractivity contribution in [1.82, 2.24) is 5.32 Å². The molecule has 0 saturated heterocycles. The summed E-state index contributed by atoms with van der Waals surface area (Å²) in [4.78, 5) is 25.8. The van der Waals surface area contributed by atoms with Crippen LogP contribution in [0.4, 0.5) is 0 Å². The summed E-state index contributed by atoms with van der Waals surface area (Å²) in [6.45, 7) is 0.243. The number of nitrogens with zero attached hydrogens (tertiary/aromatic N) is 1. The van der Waals surface area contributed by atoms with Gasteiger partial charge in [0.15, 0.2) is 5.96 Å². The fourth-order valence-electron chi connectivity index (χ4n) is 1.00. The molecule has 0 aromatic rings. The minimum absolute atomic E-state index is 0.0408. The van der Waals surface area contributed by atoms with Gasteiger partial charge in [-0.1, -0.05) is 0 Å². The lowest BCUT2D eigenvalue weighted by Gasteiger charge is -2.17. The quantitative estimate of drug-likeness (QED) is 0.518. The summed E-state index contributed by atoms with van der Waals surface area (Å²) in [5.41, 5.74) is 5.25. The molecular formula is C7H11N3O3. The number of methoxy groups -OCH3 is 1. The first kappa shape index (κ1) is 9.50. The van der Waals surface area contributed by atoms with Gasteiger partial charge in [-0.15, -0.1) is 0 Å². The first-order chi connectivity index (χ1) is 6.13. The van der Waals surface area contributed by atoms with Gasteiger partial charge < -0.3 is 10.5 Å². The molecule has 0 aromatic heterocycles. The Morgan fingerprint density at radius 1 is 1.85 bits per heavy atom. The van der Waals surface area contributed by atoms with Crippen molar-refractivity contribution in [3.05, 3.63) is 0 Å². The molecule has 3 N–H and O–H groups in total. The van der Waals surface area contributed by atoms with Crippen molar-refractivity contribution in [3.63, 3.8) is 0 Å². The fraction of sp³-hybridized carbons (Fsp3) is 0.571. The zero-order chi connectivity index (χ0) is 9.84. The zero-order valence-electron chi connectivity index (χ0n) is 7.24. The number of esters is 1. The summed E-state index contributed by atoms with van der Waals surface area (Å²) < 4.78 is 4.43. The van der Waals surface area contributed by atoms with Crippen LogP contribution in [0, 0.1) is 5.92 Å². The van der Waals surface area contributed by atoms with Crippen molar-refractivity contribution in [2.45, 2.75) is 6.42 Å². The Balaban J connectivity index is 2.53. The summed E-state index contributed by atoms with van der Waals surface area (Å²) in [5.74, 6) is -1.06. The molecule has 1 rings (SSSR count). The number of amides is 1. The Morgan fingerprint density at radius 2 is 2.54 bits per heavy atom. The lowest BCUT2D eigenvalue weighted by Crippen LogP contribution is -2.46. The van der Waals surface area contributed by atoms with Gasteiger partial charge in [-0.2, -0.15) is 0 Å². The van der Waals surface area contributed by atoms with E-state index in [2.05, 4.69) is 15.0 Å². The molecule has 6 nitrogen and oxygen atoms in total. The molecule has 0 aromatic carbocycles. The zero-order valence-corrected chi connectivity index (χ0v) is 7.24. The molecule has 1 atom stereocenters. The van der Waals surface area contributed by atoms with Gasteiger partial charge in [0, 0.05) is 0 Å². The SMILES string of the molecule is COC(=O)C[C@@H]1CN=C(N)NC1=O. The van der Waals surface area contributed by atoms with Gasteiger partial charge >= 0.3 is 5.97 Å². The largest absolute Gasteiger partial charge is 0.469 e. The van der Waals surface area contributed by atoms with E-state index in [-0.39, 0.29) is 24.8 Å². The topological polar surface area (TPSA) is 93.8 Å². The number of hydrogen-bond donors (Lipinski definition) is 2. The molecule has 0 saturated carbocycles. The molecule has 6 heteroatoms. The Kier molecular flexibility index (Phi) is 2.84. The van der Waals surface area contributed by atoms with E-state index < -0.39 is 11.9 Å². The highest BCUT2D eigenvalue weighted by Gasteiger charge is 2.25. The second-order valence-electron chi connectivity index (χ2n) is 2.69. The van der Waals surface area contributed by atoms with E-state index in [9.17, 15) is 9.59 Å².